The minimum Gasteiger partial charge on any atom is -0.488 e. The first kappa shape index (κ1) is 14.5. The number of ether oxygens (including phenoxy) is 1. The Bertz CT molecular complexity index is 659. The van der Waals surface area contributed by atoms with Gasteiger partial charge in [-0.15, -0.1) is 0 Å². The fourth-order valence-corrected chi connectivity index (χ4v) is 1.94. The maximum absolute atomic E-state index is 13.4. The van der Waals surface area contributed by atoms with Crippen LogP contribution in [0.5, 0.6) is 5.75 Å². The number of aromatic carboxylic acids is 1. The highest BCUT2D eigenvalue weighted by Gasteiger charge is 2.13. The molecule has 0 spiro atoms. The van der Waals surface area contributed by atoms with Gasteiger partial charge in [-0.2, -0.15) is 0 Å². The van der Waals surface area contributed by atoms with Crippen LogP contribution in [0.1, 0.15) is 15.9 Å². The second-order valence-corrected chi connectivity index (χ2v) is 4.89. The minimum atomic E-state index is -1.16. The van der Waals surface area contributed by atoms with Crippen molar-refractivity contribution in [1.82, 2.24) is 0 Å². The Balaban J connectivity index is 2.24. The lowest BCUT2D eigenvalue weighted by Gasteiger charge is -2.10. The third kappa shape index (κ3) is 3.33. The number of carbonyl (C=O) groups is 1. The van der Waals surface area contributed by atoms with Crippen molar-refractivity contribution < 1.29 is 23.4 Å². The van der Waals surface area contributed by atoms with Crippen molar-refractivity contribution in [2.24, 2.45) is 0 Å². The second kappa shape index (κ2) is 6.00. The van der Waals surface area contributed by atoms with Crippen molar-refractivity contribution >= 4 is 21.9 Å². The van der Waals surface area contributed by atoms with Crippen LogP contribution in [-0.4, -0.2) is 11.1 Å². The van der Waals surface area contributed by atoms with Gasteiger partial charge in [-0.3, -0.25) is 0 Å². The van der Waals surface area contributed by atoms with Gasteiger partial charge in [0, 0.05) is 10.0 Å². The van der Waals surface area contributed by atoms with Gasteiger partial charge in [-0.05, 0) is 36.4 Å². The van der Waals surface area contributed by atoms with Crippen LogP contribution in [0.2, 0.25) is 0 Å². The van der Waals surface area contributed by atoms with Gasteiger partial charge in [-0.1, -0.05) is 15.9 Å². The van der Waals surface area contributed by atoms with Gasteiger partial charge >= 0.3 is 5.97 Å². The Labute approximate surface area is 121 Å². The monoisotopic (exact) mass is 342 g/mol. The van der Waals surface area contributed by atoms with Crippen LogP contribution >= 0.6 is 15.9 Å². The highest BCUT2D eigenvalue weighted by molar-refractivity contribution is 9.10. The summed E-state index contributed by atoms with van der Waals surface area (Å²) in [6.07, 6.45) is 0. The van der Waals surface area contributed by atoms with Crippen LogP contribution in [0.15, 0.2) is 40.9 Å². The topological polar surface area (TPSA) is 46.5 Å². The predicted molar refractivity (Wildman–Crippen MR) is 71.8 cm³/mol. The van der Waals surface area contributed by atoms with Crippen molar-refractivity contribution in [3.05, 3.63) is 63.6 Å². The summed E-state index contributed by atoms with van der Waals surface area (Å²) < 4.78 is 32.4. The van der Waals surface area contributed by atoms with Crippen LogP contribution < -0.4 is 4.74 Å². The van der Waals surface area contributed by atoms with Crippen molar-refractivity contribution in [2.75, 3.05) is 0 Å². The molecule has 2 aromatic rings. The summed E-state index contributed by atoms with van der Waals surface area (Å²) in [6, 6.07) is 7.38. The van der Waals surface area contributed by atoms with E-state index in [9.17, 15) is 13.6 Å². The van der Waals surface area contributed by atoms with E-state index in [1.165, 1.54) is 12.1 Å². The van der Waals surface area contributed by atoms with Crippen LogP contribution in [0, 0.1) is 11.6 Å². The van der Waals surface area contributed by atoms with Gasteiger partial charge in [-0.25, -0.2) is 13.6 Å². The molecule has 104 valence electrons. The number of rotatable bonds is 4. The zero-order valence-corrected chi connectivity index (χ0v) is 11.7. The standard InChI is InChI=1S/C14H9BrF2O3/c15-9-1-3-11(14(18)19)13(6-9)20-7-8-5-10(16)2-4-12(8)17/h1-6H,7H2,(H,18,19). The summed E-state index contributed by atoms with van der Waals surface area (Å²) in [6.45, 7) is -0.264. The van der Waals surface area contributed by atoms with E-state index in [0.717, 1.165) is 18.2 Å². The molecule has 0 aliphatic rings. The first-order chi connectivity index (χ1) is 9.47. The number of carboxylic acids is 1. The van der Waals surface area contributed by atoms with Crippen LogP contribution in [-0.2, 0) is 6.61 Å². The van der Waals surface area contributed by atoms with E-state index < -0.39 is 17.6 Å². The number of hydrogen-bond acceptors (Lipinski definition) is 2. The van der Waals surface area contributed by atoms with E-state index in [2.05, 4.69) is 15.9 Å². The molecule has 0 aliphatic carbocycles. The van der Waals surface area contributed by atoms with Crippen molar-refractivity contribution in [3.63, 3.8) is 0 Å². The second-order valence-electron chi connectivity index (χ2n) is 3.97. The Morgan fingerprint density at radius 1 is 1.20 bits per heavy atom. The number of halogens is 3. The fraction of sp³-hybridized carbons (Fsp3) is 0.0714. The lowest BCUT2D eigenvalue weighted by molar-refractivity contribution is 0.0691. The van der Waals surface area contributed by atoms with Crippen LogP contribution in [0.3, 0.4) is 0 Å². The molecule has 0 radical (unpaired) electrons. The molecule has 0 aromatic heterocycles. The Kier molecular flexibility index (Phi) is 4.34. The molecule has 20 heavy (non-hydrogen) atoms. The average molecular weight is 343 g/mol. The first-order valence-corrected chi connectivity index (χ1v) is 6.36. The molecule has 3 nitrogen and oxygen atoms in total. The van der Waals surface area contributed by atoms with Gasteiger partial charge in [0.05, 0.1) is 0 Å². The lowest BCUT2D eigenvalue weighted by atomic mass is 10.2. The molecule has 0 fully saturated rings. The number of hydrogen-bond donors (Lipinski definition) is 1. The molecule has 1 N–H and O–H groups in total. The smallest absolute Gasteiger partial charge is 0.339 e. The fourth-order valence-electron chi connectivity index (χ4n) is 1.60. The van der Waals surface area contributed by atoms with E-state index in [1.807, 2.05) is 0 Å². The van der Waals surface area contributed by atoms with Crippen LogP contribution in [0.25, 0.3) is 0 Å². The van der Waals surface area contributed by atoms with Gasteiger partial charge < -0.3 is 9.84 Å². The molecule has 0 heterocycles. The third-order valence-electron chi connectivity index (χ3n) is 2.57. The molecule has 0 saturated heterocycles. The maximum Gasteiger partial charge on any atom is 0.339 e. The summed E-state index contributed by atoms with van der Waals surface area (Å²) >= 11 is 3.19. The summed E-state index contributed by atoms with van der Waals surface area (Å²) in [5.74, 6) is -2.28. The Morgan fingerprint density at radius 3 is 2.65 bits per heavy atom. The zero-order valence-electron chi connectivity index (χ0n) is 10.1. The predicted octanol–water partition coefficient (Wildman–Crippen LogP) is 4.00. The van der Waals surface area contributed by atoms with E-state index in [-0.39, 0.29) is 23.5 Å². The molecular weight excluding hydrogens is 334 g/mol. The highest BCUT2D eigenvalue weighted by atomic mass is 79.9. The molecule has 2 aromatic carbocycles. The third-order valence-corrected chi connectivity index (χ3v) is 3.06. The number of carboxylic acid groups (broad SMARTS) is 1. The Morgan fingerprint density at radius 2 is 1.95 bits per heavy atom. The minimum absolute atomic E-state index is 0.0151. The summed E-state index contributed by atoms with van der Waals surface area (Å²) in [5, 5.41) is 9.02. The maximum atomic E-state index is 13.4. The SMILES string of the molecule is O=C(O)c1ccc(Br)cc1OCc1cc(F)ccc1F. The molecule has 0 aliphatic heterocycles. The Hall–Kier alpha value is -1.95. The van der Waals surface area contributed by atoms with Gasteiger partial charge in [0.1, 0.15) is 29.6 Å². The van der Waals surface area contributed by atoms with E-state index in [4.69, 9.17) is 9.84 Å². The molecule has 0 unspecified atom stereocenters. The molecule has 6 heteroatoms. The summed E-state index contributed by atoms with van der Waals surface area (Å²) in [7, 11) is 0. The molecule has 2 rings (SSSR count). The first-order valence-electron chi connectivity index (χ1n) is 5.57. The van der Waals surface area contributed by atoms with Gasteiger partial charge in [0.2, 0.25) is 0 Å². The molecular formula is C14H9BrF2O3. The molecule has 0 bridgehead atoms. The molecule has 0 atom stereocenters. The molecule has 0 amide bonds. The summed E-state index contributed by atoms with van der Waals surface area (Å²) in [4.78, 5) is 11.0. The molecule has 0 saturated carbocycles. The van der Waals surface area contributed by atoms with Gasteiger partial charge in [0.25, 0.3) is 0 Å². The van der Waals surface area contributed by atoms with Crippen molar-refractivity contribution in [1.29, 1.82) is 0 Å². The van der Waals surface area contributed by atoms with Crippen LogP contribution in [0.4, 0.5) is 8.78 Å². The van der Waals surface area contributed by atoms with E-state index in [0.29, 0.717) is 4.47 Å². The quantitative estimate of drug-likeness (QED) is 0.913. The largest absolute Gasteiger partial charge is 0.488 e. The van der Waals surface area contributed by atoms with E-state index >= 15 is 0 Å². The normalized spacial score (nSPS) is 10.3. The number of benzene rings is 2. The highest BCUT2D eigenvalue weighted by Crippen LogP contribution is 2.25. The van der Waals surface area contributed by atoms with E-state index in [1.54, 1.807) is 6.07 Å². The van der Waals surface area contributed by atoms with Crippen molar-refractivity contribution in [3.8, 4) is 5.75 Å². The average Bonchev–Trinajstić information content (AvgIpc) is 2.39. The van der Waals surface area contributed by atoms with Gasteiger partial charge in [0.15, 0.2) is 0 Å². The zero-order chi connectivity index (χ0) is 14.7. The van der Waals surface area contributed by atoms with Crippen molar-refractivity contribution in [2.45, 2.75) is 6.61 Å². The summed E-state index contributed by atoms with van der Waals surface area (Å²) in [5.41, 5.74) is -0.0358. The lowest BCUT2D eigenvalue weighted by Crippen LogP contribution is -2.04.